The highest BCUT2D eigenvalue weighted by Gasteiger charge is 2.17. The fourth-order valence-electron chi connectivity index (χ4n) is 4.39. The third kappa shape index (κ3) is 5.59. The van der Waals surface area contributed by atoms with E-state index in [0.717, 1.165) is 41.5 Å². The zero-order chi connectivity index (χ0) is 27.4. The third-order valence-electron chi connectivity index (χ3n) is 6.20. The van der Waals surface area contributed by atoms with Crippen molar-refractivity contribution in [2.45, 2.75) is 39.2 Å². The van der Waals surface area contributed by atoms with Crippen LogP contribution in [0, 0.1) is 35.8 Å². The number of nitriles is 2. The molecule has 0 atom stereocenters. The maximum absolute atomic E-state index is 9.09. The molecule has 5 heterocycles. The zero-order valence-electron chi connectivity index (χ0n) is 21.0. The van der Waals surface area contributed by atoms with Crippen molar-refractivity contribution in [3.63, 3.8) is 0 Å². The maximum atomic E-state index is 9.09. The summed E-state index contributed by atoms with van der Waals surface area (Å²) in [7, 11) is 0. The van der Waals surface area contributed by atoms with E-state index in [1.165, 1.54) is 40.4 Å². The Kier molecular flexibility index (Phi) is 8.08. The Morgan fingerprint density at radius 3 is 1.67 bits per heavy atom. The fourth-order valence-corrected chi connectivity index (χ4v) is 9.14. The molecule has 0 aliphatic heterocycles. The molecular formula is C30H21N5S4. The molecule has 0 aliphatic rings. The van der Waals surface area contributed by atoms with Crippen LogP contribution in [0.25, 0.3) is 61.8 Å². The van der Waals surface area contributed by atoms with Crippen molar-refractivity contribution < 1.29 is 0 Å². The highest BCUT2D eigenvalue weighted by Crippen LogP contribution is 2.43. The van der Waals surface area contributed by atoms with Gasteiger partial charge in [0.25, 0.3) is 11.4 Å². The Labute approximate surface area is 243 Å². The first-order valence-corrected chi connectivity index (χ1v) is 15.6. The summed E-state index contributed by atoms with van der Waals surface area (Å²) < 4.78 is 7.10. The van der Waals surface area contributed by atoms with Crippen LogP contribution < -0.4 is 0 Å². The van der Waals surface area contributed by atoms with Crippen LogP contribution in [0.1, 0.15) is 42.4 Å². The number of thiophene rings is 4. The van der Waals surface area contributed by atoms with Crippen molar-refractivity contribution >= 4 is 76.3 Å². The van der Waals surface area contributed by atoms with Crippen molar-refractivity contribution in [3.8, 4) is 33.3 Å². The molecule has 0 aliphatic carbocycles. The quantitative estimate of drug-likeness (QED) is 0.0990. The standard InChI is InChI=1S/C30H21N5S4/c1-4-5-6-7-10-35-23(25-15-29-27(38-25)13-21(36-29)11-19(17-31)33-2)8-9-24(35)26-16-30-28(39-26)14-22(37-30)12-20(18-32)34-3/h8-9,11-16H,4-7,10H2,1H3/b19-11-,20-12+. The molecule has 0 spiro atoms. The Morgan fingerprint density at radius 1 is 0.769 bits per heavy atom. The number of allylic oxidation sites excluding steroid dienone is 2. The van der Waals surface area contributed by atoms with Crippen molar-refractivity contribution in [1.29, 1.82) is 10.5 Å². The Bertz CT molecular complexity index is 1680. The number of nitrogens with zero attached hydrogens (tertiary/aromatic N) is 5. The first-order valence-electron chi connectivity index (χ1n) is 12.3. The smallest absolute Gasteiger partial charge is 0.263 e. The van der Waals surface area contributed by atoms with E-state index < -0.39 is 0 Å². The summed E-state index contributed by atoms with van der Waals surface area (Å²) in [5, 5.41) is 18.2. The first-order chi connectivity index (χ1) is 19.1. The van der Waals surface area contributed by atoms with Crippen molar-refractivity contribution in [2.75, 3.05) is 0 Å². The fraction of sp³-hybridized carbons (Fsp3) is 0.200. The predicted molar refractivity (Wildman–Crippen MR) is 166 cm³/mol. The molecule has 0 N–H and O–H groups in total. The highest BCUT2D eigenvalue weighted by atomic mass is 32.1. The molecule has 0 saturated heterocycles. The van der Waals surface area contributed by atoms with Crippen molar-refractivity contribution in [3.05, 3.63) is 80.4 Å². The number of fused-ring (bicyclic) bond motifs is 2. The van der Waals surface area contributed by atoms with E-state index in [4.69, 9.17) is 23.7 Å². The van der Waals surface area contributed by atoms with Gasteiger partial charge in [-0.1, -0.05) is 26.2 Å². The molecule has 0 fully saturated rings. The van der Waals surface area contributed by atoms with E-state index in [1.807, 2.05) is 12.1 Å². The Balaban J connectivity index is 1.50. The summed E-state index contributed by atoms with van der Waals surface area (Å²) in [6, 6.07) is 16.9. The average molecular weight is 580 g/mol. The molecule has 0 saturated carbocycles. The minimum atomic E-state index is 0.102. The van der Waals surface area contributed by atoms with Crippen LogP contribution in [0.2, 0.25) is 0 Å². The monoisotopic (exact) mass is 579 g/mol. The van der Waals surface area contributed by atoms with Crippen LogP contribution in [-0.4, -0.2) is 4.57 Å². The molecule has 0 aromatic carbocycles. The van der Waals surface area contributed by atoms with E-state index in [0.29, 0.717) is 0 Å². The second kappa shape index (κ2) is 11.8. The third-order valence-corrected chi connectivity index (χ3v) is 10.7. The molecule has 39 heavy (non-hydrogen) atoms. The summed E-state index contributed by atoms with van der Waals surface area (Å²) in [6.07, 6.45) is 8.06. The van der Waals surface area contributed by atoms with E-state index in [2.05, 4.69) is 57.6 Å². The van der Waals surface area contributed by atoms with Gasteiger partial charge in [0.2, 0.25) is 0 Å². The SMILES string of the molecule is [C-]#[N+]/C(C#N)=C\c1cc2sc(-c3ccc(-c4cc5sc(/C=C(\C#N)[N+]#[C-])cc5s4)n3CCCCCC)cc2s1. The van der Waals surface area contributed by atoms with Gasteiger partial charge in [-0.05, 0) is 55.0 Å². The second-order valence-electron chi connectivity index (χ2n) is 8.80. The van der Waals surface area contributed by atoms with Gasteiger partial charge in [0, 0.05) is 35.1 Å². The predicted octanol–water partition coefficient (Wildman–Crippen LogP) is 10.5. The molecule has 0 radical (unpaired) electrons. The van der Waals surface area contributed by atoms with E-state index in [9.17, 15) is 0 Å². The topological polar surface area (TPSA) is 61.2 Å². The van der Waals surface area contributed by atoms with Crippen molar-refractivity contribution in [1.82, 2.24) is 4.57 Å². The molecule has 9 heteroatoms. The minimum Gasteiger partial charge on any atom is -0.339 e. The van der Waals surface area contributed by atoms with Crippen LogP contribution in [0.4, 0.5) is 0 Å². The lowest BCUT2D eigenvalue weighted by Gasteiger charge is -2.12. The summed E-state index contributed by atoms with van der Waals surface area (Å²) in [5.41, 5.74) is 2.63. The van der Waals surface area contributed by atoms with Crippen LogP contribution in [0.15, 0.2) is 47.8 Å². The first kappa shape index (κ1) is 26.6. The lowest BCUT2D eigenvalue weighted by molar-refractivity contribution is 0.591. The maximum Gasteiger partial charge on any atom is 0.263 e. The van der Waals surface area contributed by atoms with Gasteiger partial charge in [-0.3, -0.25) is 0 Å². The van der Waals surface area contributed by atoms with Crippen LogP contribution in [0.3, 0.4) is 0 Å². The van der Waals surface area contributed by atoms with Gasteiger partial charge in [-0.25, -0.2) is 20.2 Å². The van der Waals surface area contributed by atoms with Crippen molar-refractivity contribution in [2.24, 2.45) is 0 Å². The van der Waals surface area contributed by atoms with E-state index in [-0.39, 0.29) is 11.4 Å². The van der Waals surface area contributed by atoms with Crippen LogP contribution in [0.5, 0.6) is 0 Å². The largest absolute Gasteiger partial charge is 0.339 e. The van der Waals surface area contributed by atoms with Gasteiger partial charge >= 0.3 is 0 Å². The lowest BCUT2D eigenvalue weighted by Crippen LogP contribution is -2.01. The van der Waals surface area contributed by atoms with Crippen LogP contribution in [-0.2, 0) is 6.54 Å². The van der Waals surface area contributed by atoms with Gasteiger partial charge in [0.1, 0.15) is 0 Å². The second-order valence-corrected chi connectivity index (χ2v) is 13.2. The number of unbranched alkanes of at least 4 members (excludes halogenated alkanes) is 3. The molecule has 0 bridgehead atoms. The van der Waals surface area contributed by atoms with E-state index in [1.54, 1.807) is 57.5 Å². The number of aromatic nitrogens is 1. The normalized spacial score (nSPS) is 11.9. The summed E-state index contributed by atoms with van der Waals surface area (Å²) in [4.78, 5) is 10.8. The molecule has 5 aromatic rings. The van der Waals surface area contributed by atoms with Gasteiger partial charge in [0.15, 0.2) is 0 Å². The molecule has 0 unspecified atom stereocenters. The molecule has 0 amide bonds. The van der Waals surface area contributed by atoms with Gasteiger partial charge in [-0.15, -0.1) is 45.3 Å². The minimum absolute atomic E-state index is 0.102. The summed E-state index contributed by atoms with van der Waals surface area (Å²) in [6.45, 7) is 17.4. The highest BCUT2D eigenvalue weighted by molar-refractivity contribution is 7.30. The summed E-state index contributed by atoms with van der Waals surface area (Å²) >= 11 is 6.71. The molecule has 5 nitrogen and oxygen atoms in total. The molecule has 190 valence electrons. The number of hydrogen-bond acceptors (Lipinski definition) is 6. The molecular weight excluding hydrogens is 559 g/mol. The van der Waals surface area contributed by atoms with Gasteiger partial charge < -0.3 is 4.57 Å². The Morgan fingerprint density at radius 2 is 1.26 bits per heavy atom. The van der Waals surface area contributed by atoms with Gasteiger partial charge in [0.05, 0.1) is 46.4 Å². The number of hydrogen-bond donors (Lipinski definition) is 0. The van der Waals surface area contributed by atoms with Gasteiger partial charge in [-0.2, -0.15) is 0 Å². The number of rotatable bonds is 9. The van der Waals surface area contributed by atoms with Crippen LogP contribution >= 0.6 is 45.3 Å². The molecule has 5 aromatic heterocycles. The lowest BCUT2D eigenvalue weighted by atomic mass is 10.2. The Hall–Kier alpha value is -3.96. The molecule has 5 rings (SSSR count). The van der Waals surface area contributed by atoms with E-state index >= 15 is 0 Å². The zero-order valence-corrected chi connectivity index (χ0v) is 24.3. The average Bonchev–Trinajstić information content (AvgIpc) is 3.73. The summed E-state index contributed by atoms with van der Waals surface area (Å²) in [5.74, 6) is 0.